The number of halogens is 3. The third-order valence-corrected chi connectivity index (χ3v) is 9.30. The molecule has 6 nitrogen and oxygen atoms in total. The zero-order chi connectivity index (χ0) is 33.3. The minimum Gasteiger partial charge on any atom is -0.325 e. The van der Waals surface area contributed by atoms with Gasteiger partial charge >= 0.3 is 0 Å². The van der Waals surface area contributed by atoms with Gasteiger partial charge in [-0.25, -0.2) is 0 Å². The molecule has 5 rings (SSSR count). The van der Waals surface area contributed by atoms with Crippen LogP contribution in [0.25, 0.3) is 6.08 Å². The predicted octanol–water partition coefficient (Wildman–Crippen LogP) is 9.84. The summed E-state index contributed by atoms with van der Waals surface area (Å²) in [6.07, 6.45) is 1.44. The first-order chi connectivity index (χ1) is 22.7. The van der Waals surface area contributed by atoms with Gasteiger partial charge in [-0.2, -0.15) is 0 Å². The number of nitrogens with one attached hydrogen (secondary N) is 3. The monoisotopic (exact) mass is 699 g/mol. The molecule has 0 radical (unpaired) electrons. The van der Waals surface area contributed by atoms with E-state index in [2.05, 4.69) is 16.0 Å². The molecule has 0 aliphatic heterocycles. The molecule has 0 bridgehead atoms. The molecule has 47 heavy (non-hydrogen) atoms. The van der Waals surface area contributed by atoms with Gasteiger partial charge in [-0.1, -0.05) is 95.5 Å². The Hall–Kier alpha value is -4.53. The molecule has 0 aromatic heterocycles. The second kappa shape index (κ2) is 15.8. The fourth-order valence-corrected chi connectivity index (χ4v) is 6.18. The lowest BCUT2D eigenvalue weighted by molar-refractivity contribution is -0.116. The number of amides is 3. The zero-order valence-corrected chi connectivity index (χ0v) is 28.1. The summed E-state index contributed by atoms with van der Waals surface area (Å²) >= 11 is 20.4. The average molecular weight is 701 g/mol. The van der Waals surface area contributed by atoms with E-state index in [4.69, 9.17) is 34.8 Å². The fraction of sp³-hybridized carbons (Fsp3) is 0.0541. The smallest absolute Gasteiger partial charge is 0.272 e. The van der Waals surface area contributed by atoms with Crippen LogP contribution in [0.2, 0.25) is 15.1 Å². The Morgan fingerprint density at radius 3 is 1.94 bits per heavy atom. The molecule has 10 heteroatoms. The van der Waals surface area contributed by atoms with Gasteiger partial charge in [0.25, 0.3) is 11.8 Å². The molecule has 3 N–H and O–H groups in total. The number of thioether (sulfide) groups is 1. The van der Waals surface area contributed by atoms with Crippen molar-refractivity contribution in [3.05, 3.63) is 164 Å². The standard InChI is InChI=1S/C37H28Cl3N3O3S/c1-23-15-16-27(21-32(23)40)42-37(46)34(24-9-4-2-5-10-24)47-28-19-17-26(18-20-28)41-36(45)33(22-29-30(38)13-8-14-31(29)39)43-35(44)25-11-6-3-7-12-25/h2-22,34H,1H3,(H,41,45)(H,42,46)(H,43,44)/b33-22-. The lowest BCUT2D eigenvalue weighted by Gasteiger charge is -2.18. The van der Waals surface area contributed by atoms with Gasteiger partial charge in [0.2, 0.25) is 5.91 Å². The number of hydrogen-bond acceptors (Lipinski definition) is 4. The normalized spacial score (nSPS) is 11.8. The highest BCUT2D eigenvalue weighted by Gasteiger charge is 2.23. The average Bonchev–Trinajstić information content (AvgIpc) is 3.08. The number of benzene rings is 5. The van der Waals surface area contributed by atoms with Crippen molar-refractivity contribution in [1.29, 1.82) is 0 Å². The van der Waals surface area contributed by atoms with Crippen LogP contribution < -0.4 is 16.0 Å². The summed E-state index contributed by atoms with van der Waals surface area (Å²) in [6.45, 7) is 1.90. The molecule has 0 saturated carbocycles. The maximum atomic E-state index is 13.5. The summed E-state index contributed by atoms with van der Waals surface area (Å²) in [5, 5.41) is 9.12. The van der Waals surface area contributed by atoms with E-state index in [1.54, 1.807) is 66.7 Å². The molecule has 0 fully saturated rings. The molecule has 5 aromatic carbocycles. The molecule has 0 spiro atoms. The highest BCUT2D eigenvalue weighted by molar-refractivity contribution is 8.00. The first-order valence-electron chi connectivity index (χ1n) is 14.4. The highest BCUT2D eigenvalue weighted by Crippen LogP contribution is 2.37. The summed E-state index contributed by atoms with van der Waals surface area (Å²) in [5.74, 6) is -1.26. The van der Waals surface area contributed by atoms with Crippen LogP contribution >= 0.6 is 46.6 Å². The van der Waals surface area contributed by atoms with E-state index < -0.39 is 17.1 Å². The van der Waals surface area contributed by atoms with Crippen LogP contribution in [-0.4, -0.2) is 17.7 Å². The fourth-order valence-electron chi connectivity index (χ4n) is 4.47. The Morgan fingerprint density at radius 1 is 0.681 bits per heavy atom. The van der Waals surface area contributed by atoms with Crippen molar-refractivity contribution in [1.82, 2.24) is 5.32 Å². The van der Waals surface area contributed by atoms with Crippen molar-refractivity contribution in [3.8, 4) is 0 Å². The Kier molecular flexibility index (Phi) is 11.4. The van der Waals surface area contributed by atoms with Gasteiger partial charge in [-0.05, 0) is 84.8 Å². The first-order valence-corrected chi connectivity index (χ1v) is 16.4. The van der Waals surface area contributed by atoms with Crippen molar-refractivity contribution < 1.29 is 14.4 Å². The molecule has 3 amide bonds. The van der Waals surface area contributed by atoms with Crippen molar-refractivity contribution in [2.24, 2.45) is 0 Å². The number of carbonyl (C=O) groups is 3. The predicted molar refractivity (Wildman–Crippen MR) is 193 cm³/mol. The topological polar surface area (TPSA) is 87.3 Å². The Morgan fingerprint density at radius 2 is 1.30 bits per heavy atom. The minimum atomic E-state index is -0.580. The highest BCUT2D eigenvalue weighted by atomic mass is 35.5. The summed E-state index contributed by atoms with van der Waals surface area (Å²) in [6, 6.07) is 35.4. The molecule has 0 aliphatic carbocycles. The third kappa shape index (κ3) is 9.05. The molecule has 0 aliphatic rings. The van der Waals surface area contributed by atoms with Crippen molar-refractivity contribution in [2.45, 2.75) is 17.1 Å². The van der Waals surface area contributed by atoms with Gasteiger partial charge in [0, 0.05) is 42.5 Å². The number of anilines is 2. The van der Waals surface area contributed by atoms with Crippen molar-refractivity contribution >= 4 is 81.7 Å². The molecule has 1 unspecified atom stereocenters. The summed E-state index contributed by atoms with van der Waals surface area (Å²) < 4.78 is 0. The molecular weight excluding hydrogens is 673 g/mol. The number of hydrogen-bond donors (Lipinski definition) is 3. The van der Waals surface area contributed by atoms with E-state index in [-0.39, 0.29) is 11.6 Å². The number of aryl methyl sites for hydroxylation is 1. The Labute approximate surface area is 292 Å². The van der Waals surface area contributed by atoms with Gasteiger partial charge < -0.3 is 16.0 Å². The second-order valence-electron chi connectivity index (χ2n) is 10.4. The SMILES string of the molecule is Cc1ccc(NC(=O)C(Sc2ccc(NC(=O)/C(=C/c3c(Cl)cccc3Cl)NC(=O)c3ccccc3)cc2)c2ccccc2)cc1Cl. The maximum absolute atomic E-state index is 13.5. The van der Waals surface area contributed by atoms with Gasteiger partial charge in [0.1, 0.15) is 10.9 Å². The lowest BCUT2D eigenvalue weighted by atomic mass is 10.1. The summed E-state index contributed by atoms with van der Waals surface area (Å²) in [7, 11) is 0. The lowest BCUT2D eigenvalue weighted by Crippen LogP contribution is -2.30. The molecule has 5 aromatic rings. The molecule has 1 atom stereocenters. The second-order valence-corrected chi connectivity index (χ2v) is 12.8. The van der Waals surface area contributed by atoms with Gasteiger partial charge in [-0.15, -0.1) is 11.8 Å². The van der Waals surface area contributed by atoms with E-state index in [9.17, 15) is 14.4 Å². The van der Waals surface area contributed by atoms with Gasteiger partial charge in [-0.3, -0.25) is 14.4 Å². The minimum absolute atomic E-state index is 0.0515. The van der Waals surface area contributed by atoms with E-state index >= 15 is 0 Å². The van der Waals surface area contributed by atoms with Crippen LogP contribution in [0.5, 0.6) is 0 Å². The number of carbonyl (C=O) groups excluding carboxylic acids is 3. The summed E-state index contributed by atoms with van der Waals surface area (Å²) in [4.78, 5) is 40.8. The summed E-state index contributed by atoms with van der Waals surface area (Å²) in [5.41, 5.74) is 3.53. The van der Waals surface area contributed by atoms with Crippen molar-refractivity contribution in [3.63, 3.8) is 0 Å². The van der Waals surface area contributed by atoms with Gasteiger partial charge in [0.15, 0.2) is 0 Å². The molecule has 236 valence electrons. The van der Waals surface area contributed by atoms with Gasteiger partial charge in [0.05, 0.1) is 0 Å². The maximum Gasteiger partial charge on any atom is 0.272 e. The van der Waals surface area contributed by atoms with Crippen LogP contribution in [0.15, 0.2) is 132 Å². The Balaban J connectivity index is 1.35. The molecular formula is C37H28Cl3N3O3S. The van der Waals surface area contributed by atoms with Crippen molar-refractivity contribution in [2.75, 3.05) is 10.6 Å². The van der Waals surface area contributed by atoms with Crippen LogP contribution in [-0.2, 0) is 9.59 Å². The van der Waals surface area contributed by atoms with Crippen LogP contribution in [0, 0.1) is 6.92 Å². The zero-order valence-electron chi connectivity index (χ0n) is 25.0. The van der Waals surface area contributed by atoms with E-state index in [0.717, 1.165) is 16.0 Å². The molecule has 0 saturated heterocycles. The Bertz CT molecular complexity index is 1920. The first kappa shape index (κ1) is 33.8. The quantitative estimate of drug-likeness (QED) is 0.100. The van der Waals surface area contributed by atoms with E-state index in [1.165, 1.54) is 17.8 Å². The van der Waals surface area contributed by atoms with E-state index in [0.29, 0.717) is 37.6 Å². The van der Waals surface area contributed by atoms with Crippen LogP contribution in [0.4, 0.5) is 11.4 Å². The molecule has 0 heterocycles. The van der Waals surface area contributed by atoms with Crippen LogP contribution in [0.3, 0.4) is 0 Å². The van der Waals surface area contributed by atoms with Crippen LogP contribution in [0.1, 0.15) is 32.3 Å². The number of rotatable bonds is 10. The third-order valence-electron chi connectivity index (χ3n) is 6.96. The van der Waals surface area contributed by atoms with E-state index in [1.807, 2.05) is 61.5 Å². The largest absolute Gasteiger partial charge is 0.325 e.